The molecule has 1 heterocycles. The maximum Gasteiger partial charge on any atom is 0.191 e. The molecule has 112 valence electrons. The molecule has 0 spiro atoms. The molecule has 1 aromatic carbocycles. The molecule has 0 radical (unpaired) electrons. The number of hydrogen-bond donors (Lipinski definition) is 2. The van der Waals surface area contributed by atoms with Crippen LogP contribution in [0.4, 0.5) is 0 Å². The van der Waals surface area contributed by atoms with Gasteiger partial charge in [0.25, 0.3) is 0 Å². The fourth-order valence-corrected chi connectivity index (χ4v) is 3.64. The zero-order chi connectivity index (χ0) is 16.4. The van der Waals surface area contributed by atoms with E-state index in [1.807, 2.05) is 36.4 Å². The molecule has 0 aromatic heterocycles. The van der Waals surface area contributed by atoms with Gasteiger partial charge in [-0.3, -0.25) is 0 Å². The summed E-state index contributed by atoms with van der Waals surface area (Å²) in [6.07, 6.45) is 1.94. The van der Waals surface area contributed by atoms with Crippen LogP contribution in [0.1, 0.15) is 11.5 Å². The lowest BCUT2D eigenvalue weighted by Gasteiger charge is -2.43. The molecule has 3 rings (SSSR count). The number of nitrogens with zero attached hydrogens (tertiary/aromatic N) is 3. The molecule has 2 aliphatic rings. The molecule has 1 aliphatic heterocycles. The van der Waals surface area contributed by atoms with Gasteiger partial charge in [0, 0.05) is 24.9 Å². The van der Waals surface area contributed by atoms with Crippen LogP contribution < -0.4 is 11.1 Å². The van der Waals surface area contributed by atoms with Crippen molar-refractivity contribution in [2.45, 2.75) is 5.92 Å². The Balaban J connectivity index is 2.33. The summed E-state index contributed by atoms with van der Waals surface area (Å²) in [5.74, 6) is -0.540. The number of rotatable bonds is 1. The highest BCUT2D eigenvalue weighted by atomic mass is 14.9. The first-order valence-corrected chi connectivity index (χ1v) is 7.38. The fraction of sp³-hybridized carbons (Fsp3) is 0.278. The molecule has 0 fully saturated rings. The lowest BCUT2D eigenvalue weighted by Crippen LogP contribution is -2.46. The van der Waals surface area contributed by atoms with E-state index in [1.165, 1.54) is 0 Å². The van der Waals surface area contributed by atoms with Crippen LogP contribution in [0.3, 0.4) is 0 Å². The number of nitriles is 3. The predicted molar refractivity (Wildman–Crippen MR) is 84.1 cm³/mol. The Bertz CT molecular complexity index is 800. The van der Waals surface area contributed by atoms with Gasteiger partial charge >= 0.3 is 0 Å². The van der Waals surface area contributed by atoms with Gasteiger partial charge in [0.05, 0.1) is 23.4 Å². The minimum Gasteiger partial charge on any atom is -0.399 e. The number of fused-ring (bicyclic) bond motifs is 1. The average Bonchev–Trinajstić information content (AvgIpc) is 2.61. The maximum absolute atomic E-state index is 9.81. The Kier molecular flexibility index (Phi) is 3.62. The van der Waals surface area contributed by atoms with Gasteiger partial charge in [-0.1, -0.05) is 36.4 Å². The van der Waals surface area contributed by atoms with Gasteiger partial charge in [-0.2, -0.15) is 15.8 Å². The van der Waals surface area contributed by atoms with E-state index in [9.17, 15) is 15.8 Å². The third kappa shape index (κ3) is 2.01. The Labute approximate surface area is 134 Å². The van der Waals surface area contributed by atoms with Crippen LogP contribution in [-0.4, -0.2) is 13.1 Å². The van der Waals surface area contributed by atoms with Crippen molar-refractivity contribution in [3.63, 3.8) is 0 Å². The van der Waals surface area contributed by atoms with Gasteiger partial charge < -0.3 is 11.1 Å². The minimum absolute atomic E-state index is 0.0725. The van der Waals surface area contributed by atoms with Crippen molar-refractivity contribution in [3.8, 4) is 18.2 Å². The summed E-state index contributed by atoms with van der Waals surface area (Å²) < 4.78 is 0. The molecular formula is C18H15N5. The second kappa shape index (κ2) is 5.61. The summed E-state index contributed by atoms with van der Waals surface area (Å²) in [5.41, 5.74) is 6.73. The van der Waals surface area contributed by atoms with Crippen molar-refractivity contribution in [2.75, 3.05) is 13.1 Å². The topological polar surface area (TPSA) is 109 Å². The molecule has 0 amide bonds. The molecule has 3 N–H and O–H groups in total. The smallest absolute Gasteiger partial charge is 0.191 e. The molecule has 5 heteroatoms. The summed E-state index contributed by atoms with van der Waals surface area (Å²) in [6.45, 7) is 1.26. The van der Waals surface area contributed by atoms with Crippen molar-refractivity contribution in [3.05, 3.63) is 58.8 Å². The molecule has 1 aliphatic carbocycles. The molecule has 2 atom stereocenters. The van der Waals surface area contributed by atoms with E-state index in [1.54, 1.807) is 0 Å². The van der Waals surface area contributed by atoms with Crippen LogP contribution in [0, 0.1) is 45.3 Å². The highest BCUT2D eigenvalue weighted by Gasteiger charge is 2.53. The zero-order valence-corrected chi connectivity index (χ0v) is 12.5. The second-order valence-corrected chi connectivity index (χ2v) is 5.74. The third-order valence-electron chi connectivity index (χ3n) is 4.70. The number of allylic oxidation sites excluding steroid dienone is 2. The Morgan fingerprint density at radius 2 is 1.83 bits per heavy atom. The van der Waals surface area contributed by atoms with E-state index in [2.05, 4.69) is 23.5 Å². The summed E-state index contributed by atoms with van der Waals surface area (Å²) >= 11 is 0. The van der Waals surface area contributed by atoms with Crippen LogP contribution in [0.5, 0.6) is 0 Å². The molecule has 1 aromatic rings. The fourth-order valence-electron chi connectivity index (χ4n) is 3.64. The van der Waals surface area contributed by atoms with E-state index in [0.717, 1.165) is 11.1 Å². The predicted octanol–water partition coefficient (Wildman–Crippen LogP) is 1.70. The first kappa shape index (κ1) is 14.9. The van der Waals surface area contributed by atoms with Crippen LogP contribution in [-0.2, 0) is 0 Å². The Hall–Kier alpha value is -3.07. The normalized spacial score (nSPS) is 25.3. The number of hydrogen-bond acceptors (Lipinski definition) is 5. The summed E-state index contributed by atoms with van der Waals surface area (Å²) in [5, 5.41) is 32.4. The first-order valence-electron chi connectivity index (χ1n) is 7.38. The molecule has 0 saturated carbocycles. The molecule has 0 bridgehead atoms. The van der Waals surface area contributed by atoms with Crippen molar-refractivity contribution in [1.82, 2.24) is 5.32 Å². The Morgan fingerprint density at radius 1 is 1.13 bits per heavy atom. The number of nitrogens with one attached hydrogen (secondary N) is 1. The average molecular weight is 301 g/mol. The maximum atomic E-state index is 9.81. The van der Waals surface area contributed by atoms with E-state index < -0.39 is 11.3 Å². The molecule has 0 unspecified atom stereocenters. The molecule has 0 saturated heterocycles. The Morgan fingerprint density at radius 3 is 2.43 bits per heavy atom. The van der Waals surface area contributed by atoms with Crippen LogP contribution in [0.25, 0.3) is 0 Å². The zero-order valence-electron chi connectivity index (χ0n) is 12.5. The summed E-state index contributed by atoms with van der Waals surface area (Å²) in [7, 11) is 0. The summed E-state index contributed by atoms with van der Waals surface area (Å²) in [4.78, 5) is 0. The first-order chi connectivity index (χ1) is 11.2. The van der Waals surface area contributed by atoms with Crippen molar-refractivity contribution in [1.29, 1.82) is 15.8 Å². The third-order valence-corrected chi connectivity index (χ3v) is 4.70. The summed E-state index contributed by atoms with van der Waals surface area (Å²) in [6, 6.07) is 15.8. The van der Waals surface area contributed by atoms with Crippen molar-refractivity contribution in [2.24, 2.45) is 17.1 Å². The van der Waals surface area contributed by atoms with Gasteiger partial charge in [-0.05, 0) is 11.1 Å². The standard InChI is InChI=1S/C18H15N5/c19-8-14-13-6-7-23-9-15(13)16(12-4-2-1-3-5-12)18(10-20,11-21)17(14)22/h1-6,15-16,23H,7,9,22H2/t15-,16-/m1/s1. The SMILES string of the molecule is N#CC1=C(N)C(C#N)(C#N)[C@H](c2ccccc2)[C@@H]2CNCC=C12. The number of nitrogens with two attached hydrogens (primary N) is 1. The quantitative estimate of drug-likeness (QED) is 0.820. The lowest BCUT2D eigenvalue weighted by molar-refractivity contribution is 0.328. The van der Waals surface area contributed by atoms with Gasteiger partial charge in [-0.15, -0.1) is 0 Å². The van der Waals surface area contributed by atoms with Gasteiger partial charge in [0.1, 0.15) is 6.07 Å². The van der Waals surface area contributed by atoms with E-state index in [-0.39, 0.29) is 17.2 Å². The lowest BCUT2D eigenvalue weighted by atomic mass is 9.58. The van der Waals surface area contributed by atoms with E-state index >= 15 is 0 Å². The molecular weight excluding hydrogens is 286 g/mol. The molecule has 5 nitrogen and oxygen atoms in total. The van der Waals surface area contributed by atoms with Gasteiger partial charge in [0.2, 0.25) is 0 Å². The van der Waals surface area contributed by atoms with Gasteiger partial charge in [-0.25, -0.2) is 0 Å². The van der Waals surface area contributed by atoms with E-state index in [0.29, 0.717) is 13.1 Å². The highest BCUT2D eigenvalue weighted by molar-refractivity contribution is 5.59. The number of benzene rings is 1. The van der Waals surface area contributed by atoms with Crippen LogP contribution in [0.15, 0.2) is 53.3 Å². The van der Waals surface area contributed by atoms with E-state index in [4.69, 9.17) is 5.73 Å². The second-order valence-electron chi connectivity index (χ2n) is 5.74. The van der Waals surface area contributed by atoms with Crippen LogP contribution >= 0.6 is 0 Å². The largest absolute Gasteiger partial charge is 0.399 e. The monoisotopic (exact) mass is 301 g/mol. The van der Waals surface area contributed by atoms with Crippen molar-refractivity contribution < 1.29 is 0 Å². The minimum atomic E-state index is -1.53. The highest BCUT2D eigenvalue weighted by Crippen LogP contribution is 2.53. The van der Waals surface area contributed by atoms with Crippen LogP contribution in [0.2, 0.25) is 0 Å². The van der Waals surface area contributed by atoms with Crippen molar-refractivity contribution >= 4 is 0 Å². The van der Waals surface area contributed by atoms with Gasteiger partial charge in [0.15, 0.2) is 5.41 Å². The molecule has 23 heavy (non-hydrogen) atoms.